The van der Waals surface area contributed by atoms with Crippen LogP contribution < -0.4 is 11.1 Å². The average molecular weight is 275 g/mol. The molecule has 1 saturated carbocycles. The predicted octanol–water partition coefficient (Wildman–Crippen LogP) is 2.20. The van der Waals surface area contributed by atoms with E-state index in [-0.39, 0.29) is 24.4 Å². The first-order chi connectivity index (χ1) is 7.76. The van der Waals surface area contributed by atoms with Gasteiger partial charge in [-0.3, -0.25) is 4.79 Å². The van der Waals surface area contributed by atoms with Gasteiger partial charge in [0.1, 0.15) is 0 Å². The zero-order valence-electron chi connectivity index (χ0n) is 9.94. The Labute approximate surface area is 112 Å². The van der Waals surface area contributed by atoms with Gasteiger partial charge in [0.25, 0.3) is 5.91 Å². The second-order valence-corrected chi connectivity index (χ2v) is 5.20. The van der Waals surface area contributed by atoms with Gasteiger partial charge < -0.3 is 11.1 Å². The molecular weight excluding hydrogens is 256 g/mol. The first-order valence-corrected chi connectivity index (χ1v) is 6.71. The molecule has 5 heteroatoms. The lowest BCUT2D eigenvalue weighted by Gasteiger charge is -2.15. The van der Waals surface area contributed by atoms with Crippen molar-refractivity contribution in [3.05, 3.63) is 21.9 Å². The Hall–Kier alpha value is -0.580. The van der Waals surface area contributed by atoms with Gasteiger partial charge >= 0.3 is 0 Å². The number of nitrogens with two attached hydrogens (primary N) is 1. The van der Waals surface area contributed by atoms with Crippen molar-refractivity contribution in [3.63, 3.8) is 0 Å². The molecule has 1 fully saturated rings. The van der Waals surface area contributed by atoms with Crippen molar-refractivity contribution in [2.24, 2.45) is 11.7 Å². The maximum atomic E-state index is 12.0. The number of thiophene rings is 1. The number of carbonyl (C=O) groups is 1. The molecule has 0 bridgehead atoms. The molecule has 0 radical (unpaired) electrons. The van der Waals surface area contributed by atoms with Crippen LogP contribution in [0.3, 0.4) is 0 Å². The van der Waals surface area contributed by atoms with Gasteiger partial charge in [0.15, 0.2) is 0 Å². The van der Waals surface area contributed by atoms with Crippen LogP contribution in [0.15, 0.2) is 11.4 Å². The summed E-state index contributed by atoms with van der Waals surface area (Å²) in [5.41, 5.74) is 6.81. The van der Waals surface area contributed by atoms with Crippen molar-refractivity contribution in [2.75, 3.05) is 6.54 Å². The zero-order chi connectivity index (χ0) is 11.5. The SMILES string of the molecule is CCc1ccsc1C(=O)NC(CN)C1CC1.Cl. The first-order valence-electron chi connectivity index (χ1n) is 5.83. The Morgan fingerprint density at radius 3 is 2.88 bits per heavy atom. The number of amides is 1. The van der Waals surface area contributed by atoms with Gasteiger partial charge in [-0.2, -0.15) is 0 Å². The first kappa shape index (κ1) is 14.5. The smallest absolute Gasteiger partial charge is 0.261 e. The summed E-state index contributed by atoms with van der Waals surface area (Å²) in [4.78, 5) is 12.9. The minimum atomic E-state index is 0. The molecule has 3 N–H and O–H groups in total. The fourth-order valence-corrected chi connectivity index (χ4v) is 2.81. The van der Waals surface area contributed by atoms with E-state index in [0.717, 1.165) is 16.9 Å². The standard InChI is InChI=1S/C12H18N2OS.ClH/c1-2-8-5-6-16-11(8)12(15)14-10(7-13)9-3-4-9;/h5-6,9-10H,2-4,7,13H2,1H3,(H,14,15);1H. The molecule has 3 nitrogen and oxygen atoms in total. The van der Waals surface area contributed by atoms with E-state index in [4.69, 9.17) is 5.73 Å². The maximum Gasteiger partial charge on any atom is 0.261 e. The van der Waals surface area contributed by atoms with Crippen LogP contribution >= 0.6 is 23.7 Å². The second kappa shape index (κ2) is 6.38. The van der Waals surface area contributed by atoms with E-state index in [1.165, 1.54) is 24.2 Å². The van der Waals surface area contributed by atoms with Gasteiger partial charge in [-0.15, -0.1) is 23.7 Å². The summed E-state index contributed by atoms with van der Waals surface area (Å²) in [6, 6.07) is 2.19. The van der Waals surface area contributed by atoms with Gasteiger partial charge in [-0.05, 0) is 42.2 Å². The number of rotatable bonds is 5. The number of halogens is 1. The molecule has 0 saturated heterocycles. The number of hydrogen-bond acceptors (Lipinski definition) is 3. The van der Waals surface area contributed by atoms with Crippen LogP contribution in [-0.2, 0) is 6.42 Å². The van der Waals surface area contributed by atoms with Crippen molar-refractivity contribution in [2.45, 2.75) is 32.2 Å². The highest BCUT2D eigenvalue weighted by Gasteiger charge is 2.31. The fourth-order valence-electron chi connectivity index (χ4n) is 1.92. The van der Waals surface area contributed by atoms with Crippen LogP contribution in [0.25, 0.3) is 0 Å². The molecule has 0 aliphatic heterocycles. The fraction of sp³-hybridized carbons (Fsp3) is 0.583. The molecule has 1 amide bonds. The van der Waals surface area contributed by atoms with Crippen LogP contribution in [0, 0.1) is 5.92 Å². The summed E-state index contributed by atoms with van der Waals surface area (Å²) in [6.07, 6.45) is 3.31. The molecular formula is C12H19ClN2OS. The lowest BCUT2D eigenvalue weighted by atomic mass is 10.1. The second-order valence-electron chi connectivity index (χ2n) is 4.28. The predicted molar refractivity (Wildman–Crippen MR) is 74.0 cm³/mol. The molecule has 1 aromatic heterocycles. The molecule has 1 aliphatic carbocycles. The van der Waals surface area contributed by atoms with Gasteiger partial charge in [0.2, 0.25) is 0 Å². The van der Waals surface area contributed by atoms with Crippen molar-refractivity contribution in [3.8, 4) is 0 Å². The van der Waals surface area contributed by atoms with Crippen LogP contribution in [0.5, 0.6) is 0 Å². The molecule has 1 atom stereocenters. The Balaban J connectivity index is 0.00000144. The molecule has 96 valence electrons. The summed E-state index contributed by atoms with van der Waals surface area (Å²) in [5, 5.41) is 5.03. The molecule has 1 unspecified atom stereocenters. The third-order valence-corrected chi connectivity index (χ3v) is 4.05. The van der Waals surface area contributed by atoms with E-state index >= 15 is 0 Å². The lowest BCUT2D eigenvalue weighted by Crippen LogP contribution is -2.41. The van der Waals surface area contributed by atoms with E-state index in [9.17, 15) is 4.79 Å². The third-order valence-electron chi connectivity index (χ3n) is 3.10. The quantitative estimate of drug-likeness (QED) is 0.865. The highest BCUT2D eigenvalue weighted by atomic mass is 35.5. The summed E-state index contributed by atoms with van der Waals surface area (Å²) < 4.78 is 0. The van der Waals surface area contributed by atoms with E-state index in [1.807, 2.05) is 11.4 Å². The minimum absolute atomic E-state index is 0. The number of nitrogens with one attached hydrogen (secondary N) is 1. The van der Waals surface area contributed by atoms with E-state index < -0.39 is 0 Å². The minimum Gasteiger partial charge on any atom is -0.347 e. The molecule has 1 aromatic rings. The molecule has 1 heterocycles. The molecule has 2 rings (SSSR count). The van der Waals surface area contributed by atoms with Crippen molar-refractivity contribution in [1.29, 1.82) is 0 Å². The summed E-state index contributed by atoms with van der Waals surface area (Å²) >= 11 is 1.51. The van der Waals surface area contributed by atoms with Crippen molar-refractivity contribution < 1.29 is 4.79 Å². The molecule has 0 spiro atoms. The Bertz CT molecular complexity index is 376. The maximum absolute atomic E-state index is 12.0. The topological polar surface area (TPSA) is 55.1 Å². The monoisotopic (exact) mass is 274 g/mol. The largest absolute Gasteiger partial charge is 0.347 e. The van der Waals surface area contributed by atoms with Crippen LogP contribution in [-0.4, -0.2) is 18.5 Å². The normalized spacial score (nSPS) is 16.1. The summed E-state index contributed by atoms with van der Waals surface area (Å²) in [5.74, 6) is 0.660. The van der Waals surface area contributed by atoms with Crippen LogP contribution in [0.2, 0.25) is 0 Å². The summed E-state index contributed by atoms with van der Waals surface area (Å²) in [7, 11) is 0. The average Bonchev–Trinajstić information content (AvgIpc) is 3.02. The van der Waals surface area contributed by atoms with Crippen LogP contribution in [0.4, 0.5) is 0 Å². The Kier molecular flexibility index (Phi) is 5.43. The number of aryl methyl sites for hydroxylation is 1. The lowest BCUT2D eigenvalue weighted by molar-refractivity contribution is 0.0937. The van der Waals surface area contributed by atoms with E-state index in [2.05, 4.69) is 12.2 Å². The van der Waals surface area contributed by atoms with Gasteiger partial charge in [0, 0.05) is 12.6 Å². The molecule has 0 aromatic carbocycles. The Morgan fingerprint density at radius 2 is 2.35 bits per heavy atom. The van der Waals surface area contributed by atoms with Gasteiger partial charge in [-0.1, -0.05) is 6.92 Å². The van der Waals surface area contributed by atoms with Crippen LogP contribution in [0.1, 0.15) is 35.0 Å². The van der Waals surface area contributed by atoms with Crippen molar-refractivity contribution >= 4 is 29.7 Å². The van der Waals surface area contributed by atoms with Crippen molar-refractivity contribution in [1.82, 2.24) is 5.32 Å². The van der Waals surface area contributed by atoms with E-state index in [1.54, 1.807) is 0 Å². The zero-order valence-corrected chi connectivity index (χ0v) is 11.6. The summed E-state index contributed by atoms with van der Waals surface area (Å²) in [6.45, 7) is 2.61. The van der Waals surface area contributed by atoms with Gasteiger partial charge in [0.05, 0.1) is 4.88 Å². The molecule has 17 heavy (non-hydrogen) atoms. The Morgan fingerprint density at radius 1 is 1.65 bits per heavy atom. The van der Waals surface area contributed by atoms with E-state index in [0.29, 0.717) is 12.5 Å². The third kappa shape index (κ3) is 3.44. The highest BCUT2D eigenvalue weighted by Crippen LogP contribution is 2.32. The number of carbonyl (C=O) groups excluding carboxylic acids is 1. The highest BCUT2D eigenvalue weighted by molar-refractivity contribution is 7.12. The molecule has 1 aliphatic rings. The van der Waals surface area contributed by atoms with Gasteiger partial charge in [-0.25, -0.2) is 0 Å². The number of hydrogen-bond donors (Lipinski definition) is 2.